The van der Waals surface area contributed by atoms with Crippen LogP contribution in [0.1, 0.15) is 32.6 Å². The molecular weight excluding hydrogens is 148 g/mol. The van der Waals surface area contributed by atoms with Crippen molar-refractivity contribution in [2.45, 2.75) is 50.2 Å². The van der Waals surface area contributed by atoms with Gasteiger partial charge in [0.15, 0.2) is 0 Å². The molecule has 2 heterocycles. The largest absolute Gasteiger partial charge is 0.327 e. The van der Waals surface area contributed by atoms with Crippen LogP contribution in [0.4, 0.5) is 0 Å². The summed E-state index contributed by atoms with van der Waals surface area (Å²) in [5.41, 5.74) is 6.65. The predicted molar refractivity (Wildman–Crippen MR) is 48.8 cm³/mol. The van der Waals surface area contributed by atoms with Gasteiger partial charge in [-0.15, -0.1) is 0 Å². The summed E-state index contributed by atoms with van der Waals surface area (Å²) in [5, 5.41) is 3.76. The Kier molecular flexibility index (Phi) is 1.25. The summed E-state index contributed by atoms with van der Waals surface area (Å²) in [6.45, 7) is 2.38. The van der Waals surface area contributed by atoms with Crippen LogP contribution < -0.4 is 11.1 Å². The second-order valence-corrected chi connectivity index (χ2v) is 5.38. The molecule has 0 amide bonds. The standard InChI is InChI=1S/C10H18N2/c1-10-4-6-2-8(12-10)3-7(5-10)9(6)11/h6-9,12H,2-5,11H2,1H3. The molecule has 2 aliphatic carbocycles. The van der Waals surface area contributed by atoms with Gasteiger partial charge in [0.2, 0.25) is 0 Å². The minimum atomic E-state index is 0.451. The molecule has 2 nitrogen and oxygen atoms in total. The zero-order chi connectivity index (χ0) is 8.34. The van der Waals surface area contributed by atoms with Crippen LogP contribution in [0.5, 0.6) is 0 Å². The summed E-state index contributed by atoms with van der Waals surface area (Å²) < 4.78 is 0. The summed E-state index contributed by atoms with van der Waals surface area (Å²) in [5.74, 6) is 1.66. The molecule has 2 unspecified atom stereocenters. The molecule has 4 rings (SSSR count). The van der Waals surface area contributed by atoms with Crippen LogP contribution in [0.3, 0.4) is 0 Å². The first kappa shape index (κ1) is 7.34. The Labute approximate surface area is 73.9 Å². The Morgan fingerprint density at radius 3 is 2.33 bits per heavy atom. The van der Waals surface area contributed by atoms with Crippen molar-refractivity contribution in [2.75, 3.05) is 0 Å². The summed E-state index contributed by atoms with van der Waals surface area (Å²) in [6, 6.07) is 1.32. The maximum absolute atomic E-state index is 6.20. The molecule has 12 heavy (non-hydrogen) atoms. The normalized spacial score (nSPS) is 62.5. The molecule has 0 spiro atoms. The summed E-state index contributed by atoms with van der Waals surface area (Å²) >= 11 is 0. The van der Waals surface area contributed by atoms with E-state index in [1.165, 1.54) is 25.7 Å². The number of hydrogen-bond donors (Lipinski definition) is 2. The third-order valence-corrected chi connectivity index (χ3v) is 4.24. The van der Waals surface area contributed by atoms with E-state index in [2.05, 4.69) is 12.2 Å². The van der Waals surface area contributed by atoms with Crippen LogP contribution in [0.25, 0.3) is 0 Å². The average Bonchev–Trinajstić information content (AvgIpc) is 1.96. The maximum atomic E-state index is 6.20. The fraction of sp³-hybridized carbons (Fsp3) is 1.00. The summed E-state index contributed by atoms with van der Waals surface area (Å²) in [7, 11) is 0. The van der Waals surface area contributed by atoms with Crippen LogP contribution in [0, 0.1) is 11.8 Å². The Morgan fingerprint density at radius 1 is 1.25 bits per heavy atom. The lowest BCUT2D eigenvalue weighted by Gasteiger charge is -2.59. The van der Waals surface area contributed by atoms with Crippen molar-refractivity contribution in [2.24, 2.45) is 17.6 Å². The van der Waals surface area contributed by atoms with E-state index in [4.69, 9.17) is 5.73 Å². The van der Waals surface area contributed by atoms with Crippen LogP contribution in [-0.4, -0.2) is 17.6 Å². The molecule has 4 bridgehead atoms. The SMILES string of the molecule is CC12CC3CC(CC(C1)C3N)N2. The smallest absolute Gasteiger partial charge is 0.0162 e. The van der Waals surface area contributed by atoms with E-state index in [0.717, 1.165) is 17.9 Å². The molecule has 0 aromatic rings. The van der Waals surface area contributed by atoms with Crippen LogP contribution in [0.2, 0.25) is 0 Å². The quantitative estimate of drug-likeness (QED) is 0.560. The molecular formula is C10H18N2. The van der Waals surface area contributed by atoms with Gasteiger partial charge in [0, 0.05) is 17.6 Å². The van der Waals surface area contributed by atoms with E-state index in [1.54, 1.807) is 0 Å². The number of piperidine rings is 2. The minimum absolute atomic E-state index is 0.451. The number of nitrogens with two attached hydrogens (primary N) is 1. The van der Waals surface area contributed by atoms with Crippen molar-refractivity contribution in [1.82, 2.24) is 5.32 Å². The molecule has 4 fully saturated rings. The fourth-order valence-corrected chi connectivity index (χ4v) is 3.93. The molecule has 0 aromatic heterocycles. The van der Waals surface area contributed by atoms with Crippen molar-refractivity contribution < 1.29 is 0 Å². The summed E-state index contributed by atoms with van der Waals surface area (Å²) in [4.78, 5) is 0. The average molecular weight is 166 g/mol. The molecule has 0 radical (unpaired) electrons. The van der Waals surface area contributed by atoms with Crippen LogP contribution >= 0.6 is 0 Å². The van der Waals surface area contributed by atoms with Gasteiger partial charge in [0.05, 0.1) is 0 Å². The molecule has 2 aliphatic heterocycles. The van der Waals surface area contributed by atoms with E-state index in [0.29, 0.717) is 11.6 Å². The Balaban J connectivity index is 1.95. The second kappa shape index (κ2) is 2.05. The van der Waals surface area contributed by atoms with Gasteiger partial charge in [-0.3, -0.25) is 0 Å². The molecule has 4 aliphatic rings. The number of nitrogens with one attached hydrogen (secondary N) is 1. The lowest BCUT2D eigenvalue weighted by Crippen LogP contribution is -2.68. The van der Waals surface area contributed by atoms with Gasteiger partial charge in [-0.2, -0.15) is 0 Å². The highest BCUT2D eigenvalue weighted by atomic mass is 15.1. The van der Waals surface area contributed by atoms with E-state index < -0.39 is 0 Å². The van der Waals surface area contributed by atoms with E-state index in [9.17, 15) is 0 Å². The second-order valence-electron chi connectivity index (χ2n) is 5.38. The lowest BCUT2D eigenvalue weighted by atomic mass is 9.57. The molecule has 3 N–H and O–H groups in total. The Hall–Kier alpha value is -0.0800. The highest BCUT2D eigenvalue weighted by Crippen LogP contribution is 2.48. The first-order chi connectivity index (χ1) is 5.66. The summed E-state index contributed by atoms with van der Waals surface area (Å²) in [6.07, 6.45) is 5.32. The zero-order valence-electron chi connectivity index (χ0n) is 7.72. The van der Waals surface area contributed by atoms with Crippen molar-refractivity contribution >= 4 is 0 Å². The van der Waals surface area contributed by atoms with Crippen LogP contribution in [-0.2, 0) is 0 Å². The third kappa shape index (κ3) is 0.826. The van der Waals surface area contributed by atoms with E-state index in [1.807, 2.05) is 0 Å². The van der Waals surface area contributed by atoms with Gasteiger partial charge in [0.25, 0.3) is 0 Å². The Bertz CT molecular complexity index is 198. The monoisotopic (exact) mass is 166 g/mol. The first-order valence-electron chi connectivity index (χ1n) is 5.20. The molecule has 2 saturated carbocycles. The van der Waals surface area contributed by atoms with Crippen molar-refractivity contribution in [1.29, 1.82) is 0 Å². The van der Waals surface area contributed by atoms with Crippen molar-refractivity contribution in [3.05, 3.63) is 0 Å². The number of hydrogen-bond acceptors (Lipinski definition) is 2. The van der Waals surface area contributed by atoms with E-state index >= 15 is 0 Å². The van der Waals surface area contributed by atoms with Gasteiger partial charge in [-0.25, -0.2) is 0 Å². The Morgan fingerprint density at radius 2 is 1.83 bits per heavy atom. The molecule has 2 atom stereocenters. The molecule has 2 heteroatoms. The van der Waals surface area contributed by atoms with Crippen molar-refractivity contribution in [3.8, 4) is 0 Å². The van der Waals surface area contributed by atoms with Gasteiger partial charge in [0.1, 0.15) is 0 Å². The molecule has 0 aromatic carbocycles. The fourth-order valence-electron chi connectivity index (χ4n) is 3.93. The lowest BCUT2D eigenvalue weighted by molar-refractivity contribution is -0.00993. The van der Waals surface area contributed by atoms with Gasteiger partial charge >= 0.3 is 0 Å². The highest BCUT2D eigenvalue weighted by molar-refractivity contribution is 5.10. The minimum Gasteiger partial charge on any atom is -0.327 e. The third-order valence-electron chi connectivity index (χ3n) is 4.24. The predicted octanol–water partition coefficient (Wildman–Crippen LogP) is 0.864. The van der Waals surface area contributed by atoms with Crippen molar-refractivity contribution in [3.63, 3.8) is 0 Å². The molecule has 68 valence electrons. The first-order valence-corrected chi connectivity index (χ1v) is 5.20. The van der Waals surface area contributed by atoms with Gasteiger partial charge in [-0.05, 0) is 44.4 Å². The van der Waals surface area contributed by atoms with Crippen LogP contribution in [0.15, 0.2) is 0 Å². The van der Waals surface area contributed by atoms with Gasteiger partial charge in [-0.1, -0.05) is 0 Å². The molecule has 2 saturated heterocycles. The highest BCUT2D eigenvalue weighted by Gasteiger charge is 2.51. The zero-order valence-corrected chi connectivity index (χ0v) is 7.72. The topological polar surface area (TPSA) is 38.0 Å². The van der Waals surface area contributed by atoms with E-state index in [-0.39, 0.29) is 0 Å². The maximum Gasteiger partial charge on any atom is 0.0162 e. The number of rotatable bonds is 0. The van der Waals surface area contributed by atoms with Gasteiger partial charge < -0.3 is 11.1 Å².